The van der Waals surface area contributed by atoms with Crippen molar-refractivity contribution in [3.05, 3.63) is 0 Å². The van der Waals surface area contributed by atoms with Crippen molar-refractivity contribution < 1.29 is 9.53 Å². The number of halogens is 1. The van der Waals surface area contributed by atoms with Gasteiger partial charge in [0.15, 0.2) is 0 Å². The van der Waals surface area contributed by atoms with Crippen LogP contribution in [0, 0.1) is 0 Å². The molecule has 0 aromatic carbocycles. The van der Waals surface area contributed by atoms with E-state index in [0.29, 0.717) is 19.8 Å². The van der Waals surface area contributed by atoms with E-state index in [-0.39, 0.29) is 23.9 Å². The van der Waals surface area contributed by atoms with Gasteiger partial charge in [-0.1, -0.05) is 0 Å². The molecule has 0 spiro atoms. The Labute approximate surface area is 117 Å². The predicted octanol–water partition coefficient (Wildman–Crippen LogP) is 1.83. The summed E-state index contributed by atoms with van der Waals surface area (Å²) >= 11 is 0. The highest BCUT2D eigenvalue weighted by Gasteiger charge is 2.36. The van der Waals surface area contributed by atoms with E-state index in [9.17, 15) is 4.79 Å². The fourth-order valence-corrected chi connectivity index (χ4v) is 2.31. The van der Waals surface area contributed by atoms with Crippen LogP contribution in [0.25, 0.3) is 0 Å². The van der Waals surface area contributed by atoms with Crippen LogP contribution in [0.3, 0.4) is 0 Å². The van der Waals surface area contributed by atoms with Crippen LogP contribution in [0.2, 0.25) is 0 Å². The largest absolute Gasteiger partial charge is 0.380 e. The van der Waals surface area contributed by atoms with Crippen molar-refractivity contribution in [2.24, 2.45) is 0 Å². The molecule has 0 aliphatic carbocycles. The first-order chi connectivity index (χ1) is 8.14. The minimum Gasteiger partial charge on any atom is -0.380 e. The van der Waals surface area contributed by atoms with Crippen molar-refractivity contribution in [2.45, 2.75) is 45.6 Å². The van der Waals surface area contributed by atoms with Crippen LogP contribution < -0.4 is 5.32 Å². The third kappa shape index (κ3) is 4.75. The molecule has 1 unspecified atom stereocenters. The number of carbonyl (C=O) groups is 1. The van der Waals surface area contributed by atoms with Crippen LogP contribution in [0.5, 0.6) is 0 Å². The van der Waals surface area contributed by atoms with Gasteiger partial charge in [-0.3, -0.25) is 4.79 Å². The molecule has 1 aliphatic rings. The summed E-state index contributed by atoms with van der Waals surface area (Å²) < 4.78 is 5.32. The molecule has 108 valence electrons. The van der Waals surface area contributed by atoms with Crippen LogP contribution >= 0.6 is 12.4 Å². The molecule has 1 aliphatic heterocycles. The van der Waals surface area contributed by atoms with Crippen molar-refractivity contribution in [1.82, 2.24) is 10.2 Å². The average molecular weight is 279 g/mol. The minimum absolute atomic E-state index is 0. The summed E-state index contributed by atoms with van der Waals surface area (Å²) in [5.74, 6) is 0.222. The van der Waals surface area contributed by atoms with Gasteiger partial charge in [-0.25, -0.2) is 0 Å². The molecule has 1 atom stereocenters. The van der Waals surface area contributed by atoms with Crippen molar-refractivity contribution in [3.63, 3.8) is 0 Å². The number of nitrogens with zero attached hydrogens (tertiary/aromatic N) is 1. The van der Waals surface area contributed by atoms with Crippen LogP contribution in [-0.4, -0.2) is 49.2 Å². The Morgan fingerprint density at radius 3 is 2.61 bits per heavy atom. The van der Waals surface area contributed by atoms with Gasteiger partial charge in [0.05, 0.1) is 12.1 Å². The Kier molecular flexibility index (Phi) is 8.57. The normalized spacial score (nSPS) is 23.3. The maximum Gasteiger partial charge on any atom is 0.242 e. The molecule has 1 amide bonds. The second-order valence-electron chi connectivity index (χ2n) is 4.80. The van der Waals surface area contributed by atoms with Gasteiger partial charge in [0.25, 0.3) is 0 Å². The van der Waals surface area contributed by atoms with Crippen LogP contribution in [0.15, 0.2) is 0 Å². The molecule has 0 saturated carbocycles. The maximum absolute atomic E-state index is 12.5. The number of hydrogen-bond donors (Lipinski definition) is 1. The van der Waals surface area contributed by atoms with Crippen LogP contribution in [0.1, 0.15) is 40.0 Å². The summed E-state index contributed by atoms with van der Waals surface area (Å²) in [6, 6.07) is 0. The summed E-state index contributed by atoms with van der Waals surface area (Å²) in [7, 11) is 0. The van der Waals surface area contributed by atoms with Crippen molar-refractivity contribution in [1.29, 1.82) is 0 Å². The number of rotatable bonds is 6. The van der Waals surface area contributed by atoms with Gasteiger partial charge in [-0.15, -0.1) is 12.4 Å². The molecule has 1 fully saturated rings. The standard InChI is InChI=1S/C13H26N2O2.ClH/c1-4-15(10-11-17-5-2)12(16)13(3)8-6-7-9-14-13;/h14H,4-11H2,1-3H3;1H. The predicted molar refractivity (Wildman–Crippen MR) is 76.3 cm³/mol. The fourth-order valence-electron chi connectivity index (χ4n) is 2.31. The number of nitrogens with one attached hydrogen (secondary N) is 1. The molecule has 0 aromatic rings. The number of likely N-dealkylation sites (N-methyl/N-ethyl adjacent to an activating group) is 1. The van der Waals surface area contributed by atoms with Gasteiger partial charge in [-0.05, 0) is 46.6 Å². The molecule has 1 N–H and O–H groups in total. The summed E-state index contributed by atoms with van der Waals surface area (Å²) in [6.45, 7) is 9.76. The van der Waals surface area contributed by atoms with E-state index in [2.05, 4.69) is 5.32 Å². The lowest BCUT2D eigenvalue weighted by atomic mass is 9.89. The number of hydrogen-bond acceptors (Lipinski definition) is 3. The monoisotopic (exact) mass is 278 g/mol. The molecule has 0 aromatic heterocycles. The number of piperidine rings is 1. The Morgan fingerprint density at radius 1 is 1.39 bits per heavy atom. The highest BCUT2D eigenvalue weighted by molar-refractivity contribution is 5.86. The second kappa shape index (κ2) is 8.73. The zero-order valence-corrected chi connectivity index (χ0v) is 12.6. The summed E-state index contributed by atoms with van der Waals surface area (Å²) in [5, 5.41) is 3.37. The van der Waals surface area contributed by atoms with Gasteiger partial charge in [0, 0.05) is 19.7 Å². The zero-order valence-electron chi connectivity index (χ0n) is 11.8. The van der Waals surface area contributed by atoms with E-state index in [0.717, 1.165) is 25.9 Å². The topological polar surface area (TPSA) is 41.6 Å². The molecule has 1 heterocycles. The van der Waals surface area contributed by atoms with E-state index in [1.54, 1.807) is 0 Å². The summed E-state index contributed by atoms with van der Waals surface area (Å²) in [4.78, 5) is 14.3. The highest BCUT2D eigenvalue weighted by atomic mass is 35.5. The Hall–Kier alpha value is -0.320. The molecular formula is C13H27ClN2O2. The third-order valence-electron chi connectivity index (χ3n) is 3.47. The molecule has 5 heteroatoms. The first-order valence-electron chi connectivity index (χ1n) is 6.76. The maximum atomic E-state index is 12.5. The van der Waals surface area contributed by atoms with Crippen LogP contribution in [0.4, 0.5) is 0 Å². The molecule has 18 heavy (non-hydrogen) atoms. The molecule has 4 nitrogen and oxygen atoms in total. The molecule has 0 radical (unpaired) electrons. The smallest absolute Gasteiger partial charge is 0.242 e. The highest BCUT2D eigenvalue weighted by Crippen LogP contribution is 2.21. The van der Waals surface area contributed by atoms with Crippen molar-refractivity contribution in [2.75, 3.05) is 32.8 Å². The molecule has 1 saturated heterocycles. The van der Waals surface area contributed by atoms with E-state index in [1.165, 1.54) is 6.42 Å². The van der Waals surface area contributed by atoms with E-state index >= 15 is 0 Å². The van der Waals surface area contributed by atoms with E-state index in [4.69, 9.17) is 4.74 Å². The molecule has 1 rings (SSSR count). The lowest BCUT2D eigenvalue weighted by Gasteiger charge is -2.37. The first-order valence-corrected chi connectivity index (χ1v) is 6.76. The molecular weight excluding hydrogens is 252 g/mol. The minimum atomic E-state index is -0.361. The van der Waals surface area contributed by atoms with Crippen molar-refractivity contribution in [3.8, 4) is 0 Å². The molecule has 0 bridgehead atoms. The number of carbonyl (C=O) groups excluding carboxylic acids is 1. The Balaban J connectivity index is 0.00000289. The van der Waals surface area contributed by atoms with Crippen LogP contribution in [-0.2, 0) is 9.53 Å². The summed E-state index contributed by atoms with van der Waals surface area (Å²) in [6.07, 6.45) is 3.25. The lowest BCUT2D eigenvalue weighted by Crippen LogP contribution is -2.58. The number of amides is 1. The SMILES string of the molecule is CCOCCN(CC)C(=O)C1(C)CCCCN1.Cl. The first kappa shape index (κ1) is 17.7. The fraction of sp³-hybridized carbons (Fsp3) is 0.923. The van der Waals surface area contributed by atoms with Gasteiger partial charge in [0.1, 0.15) is 0 Å². The van der Waals surface area contributed by atoms with E-state index in [1.807, 2.05) is 25.7 Å². The van der Waals surface area contributed by atoms with Crippen molar-refractivity contribution >= 4 is 18.3 Å². The third-order valence-corrected chi connectivity index (χ3v) is 3.47. The second-order valence-corrected chi connectivity index (χ2v) is 4.80. The van der Waals surface area contributed by atoms with Gasteiger partial charge >= 0.3 is 0 Å². The van der Waals surface area contributed by atoms with E-state index < -0.39 is 0 Å². The zero-order chi connectivity index (χ0) is 12.7. The lowest BCUT2D eigenvalue weighted by molar-refractivity contribution is -0.139. The summed E-state index contributed by atoms with van der Waals surface area (Å²) in [5.41, 5.74) is -0.361. The Morgan fingerprint density at radius 2 is 2.11 bits per heavy atom. The quantitative estimate of drug-likeness (QED) is 0.754. The van der Waals surface area contributed by atoms with Gasteiger partial charge < -0.3 is 15.0 Å². The number of ether oxygens (including phenoxy) is 1. The van der Waals surface area contributed by atoms with Gasteiger partial charge in [-0.2, -0.15) is 0 Å². The average Bonchev–Trinajstić information content (AvgIpc) is 2.35. The Bertz CT molecular complexity index is 243. The van der Waals surface area contributed by atoms with Gasteiger partial charge in [0.2, 0.25) is 5.91 Å².